The average Bonchev–Trinajstić information content (AvgIpc) is 2.99. The maximum Gasteiger partial charge on any atom is 0.306 e. The van der Waals surface area contributed by atoms with E-state index in [0.29, 0.717) is 23.9 Å². The van der Waals surface area contributed by atoms with Gasteiger partial charge >= 0.3 is 11.9 Å². The first-order chi connectivity index (χ1) is 21.8. The van der Waals surface area contributed by atoms with Gasteiger partial charge in [0.15, 0.2) is 6.10 Å². The molecular weight excluding hydrogens is 558 g/mol. The van der Waals surface area contributed by atoms with Crippen molar-refractivity contribution in [3.05, 3.63) is 24.3 Å². The number of hydrogen-bond acceptors (Lipinski definition) is 4. The quantitative estimate of drug-likeness (QED) is 0.0312. The highest BCUT2D eigenvalue weighted by molar-refractivity contribution is 5.70. The highest BCUT2D eigenvalue weighted by Crippen LogP contribution is 2.13. The summed E-state index contributed by atoms with van der Waals surface area (Å²) >= 11 is 0. The molecule has 0 fully saturated rings. The Kier molecular flexibility index (Phi) is 31.2. The van der Waals surface area contributed by atoms with Gasteiger partial charge in [-0.1, -0.05) is 128 Å². The minimum absolute atomic E-state index is 0.150. The van der Waals surface area contributed by atoms with E-state index in [-0.39, 0.29) is 18.5 Å². The van der Waals surface area contributed by atoms with E-state index in [1.54, 1.807) is 0 Å². The van der Waals surface area contributed by atoms with Crippen molar-refractivity contribution in [1.29, 1.82) is 0 Å². The molecule has 0 aliphatic rings. The van der Waals surface area contributed by atoms with Gasteiger partial charge in [0, 0.05) is 12.8 Å². The van der Waals surface area contributed by atoms with Crippen molar-refractivity contribution in [3.8, 4) is 0 Å². The first kappa shape index (κ1) is 43.4. The summed E-state index contributed by atoms with van der Waals surface area (Å²) in [5.41, 5.74) is 0. The van der Waals surface area contributed by atoms with Crippen LogP contribution in [0.2, 0.25) is 0 Å². The summed E-state index contributed by atoms with van der Waals surface area (Å²) in [5, 5.41) is 0. The van der Waals surface area contributed by atoms with Crippen molar-refractivity contribution < 1.29 is 23.5 Å². The number of esters is 2. The van der Waals surface area contributed by atoms with Crippen LogP contribution in [0.4, 0.5) is 0 Å². The smallest absolute Gasteiger partial charge is 0.306 e. The van der Waals surface area contributed by atoms with Crippen LogP contribution >= 0.6 is 0 Å². The van der Waals surface area contributed by atoms with Gasteiger partial charge in [0.1, 0.15) is 13.2 Å². The van der Waals surface area contributed by atoms with Gasteiger partial charge in [0.05, 0.1) is 21.1 Å². The highest BCUT2D eigenvalue weighted by Gasteiger charge is 2.23. The van der Waals surface area contributed by atoms with Crippen molar-refractivity contribution in [3.63, 3.8) is 0 Å². The van der Waals surface area contributed by atoms with Gasteiger partial charge in [-0.05, 0) is 64.2 Å². The molecule has 5 nitrogen and oxygen atoms in total. The summed E-state index contributed by atoms with van der Waals surface area (Å²) < 4.78 is 12.0. The molecule has 0 aromatic rings. The number of quaternary nitrogens is 1. The second-order valence-electron chi connectivity index (χ2n) is 14.2. The zero-order valence-corrected chi connectivity index (χ0v) is 30.8. The Morgan fingerprint density at radius 1 is 0.511 bits per heavy atom. The normalized spacial score (nSPS) is 12.7. The molecule has 264 valence electrons. The fraction of sp³-hybridized carbons (Fsp3) is 0.850. The SMILES string of the molecule is CCCCCCC/C=C\CCCCCCCC(=O)OCC(C[N+](C)(C)C)OC(=O)CCCCCCC/C=C\CCCCCCC. The van der Waals surface area contributed by atoms with Gasteiger partial charge < -0.3 is 14.0 Å². The third-order valence-corrected chi connectivity index (χ3v) is 8.27. The van der Waals surface area contributed by atoms with Gasteiger partial charge in [-0.2, -0.15) is 0 Å². The van der Waals surface area contributed by atoms with E-state index in [2.05, 4.69) is 59.3 Å². The second kappa shape index (κ2) is 32.3. The zero-order chi connectivity index (χ0) is 33.3. The number of ether oxygens (including phenoxy) is 2. The van der Waals surface area contributed by atoms with Crippen molar-refractivity contribution in [2.75, 3.05) is 34.3 Å². The summed E-state index contributed by atoms with van der Waals surface area (Å²) in [7, 11) is 6.20. The zero-order valence-electron chi connectivity index (χ0n) is 30.8. The summed E-state index contributed by atoms with van der Waals surface area (Å²) in [6.07, 6.45) is 39.2. The first-order valence-corrected chi connectivity index (χ1v) is 19.2. The molecule has 0 aliphatic carbocycles. The number of likely N-dealkylation sites (N-methyl/N-ethyl adjacent to an activating group) is 1. The lowest BCUT2D eigenvalue weighted by molar-refractivity contribution is -0.873. The number of allylic oxidation sites excluding steroid dienone is 4. The molecular formula is C40H76NO4+. The van der Waals surface area contributed by atoms with Crippen LogP contribution in [0, 0.1) is 0 Å². The minimum Gasteiger partial charge on any atom is -0.461 e. The number of hydrogen-bond donors (Lipinski definition) is 0. The summed E-state index contributed by atoms with van der Waals surface area (Å²) in [4.78, 5) is 24.9. The van der Waals surface area contributed by atoms with E-state index in [1.165, 1.54) is 116 Å². The van der Waals surface area contributed by atoms with Crippen LogP contribution in [0.25, 0.3) is 0 Å². The molecule has 1 unspecified atom stereocenters. The Morgan fingerprint density at radius 2 is 0.867 bits per heavy atom. The lowest BCUT2D eigenvalue weighted by Crippen LogP contribution is -2.45. The first-order valence-electron chi connectivity index (χ1n) is 19.2. The minimum atomic E-state index is -0.399. The van der Waals surface area contributed by atoms with Crippen molar-refractivity contribution in [2.45, 2.75) is 187 Å². The molecule has 0 radical (unpaired) electrons. The van der Waals surface area contributed by atoms with Crippen LogP contribution in [0.5, 0.6) is 0 Å². The van der Waals surface area contributed by atoms with Crippen LogP contribution in [0.15, 0.2) is 24.3 Å². The topological polar surface area (TPSA) is 52.6 Å². The Labute approximate surface area is 280 Å². The Bertz CT molecular complexity index is 724. The number of carbonyl (C=O) groups excluding carboxylic acids is 2. The van der Waals surface area contributed by atoms with Crippen molar-refractivity contribution >= 4 is 11.9 Å². The van der Waals surface area contributed by atoms with E-state index in [1.807, 2.05) is 0 Å². The second-order valence-corrected chi connectivity index (χ2v) is 14.2. The van der Waals surface area contributed by atoms with Crippen LogP contribution in [0.1, 0.15) is 181 Å². The van der Waals surface area contributed by atoms with E-state index < -0.39 is 6.10 Å². The Morgan fingerprint density at radius 3 is 1.27 bits per heavy atom. The molecule has 0 spiro atoms. The molecule has 0 bridgehead atoms. The van der Waals surface area contributed by atoms with Gasteiger partial charge in [-0.25, -0.2) is 0 Å². The largest absolute Gasteiger partial charge is 0.461 e. The Hall–Kier alpha value is -1.62. The molecule has 0 aliphatic heterocycles. The lowest BCUT2D eigenvalue weighted by Gasteiger charge is -2.28. The van der Waals surface area contributed by atoms with Gasteiger partial charge in [-0.3, -0.25) is 9.59 Å². The third kappa shape index (κ3) is 35.1. The lowest BCUT2D eigenvalue weighted by atomic mass is 10.1. The molecule has 1 atom stereocenters. The van der Waals surface area contributed by atoms with Crippen LogP contribution in [-0.4, -0.2) is 56.8 Å². The number of unbranched alkanes of at least 4 members (excludes halogenated alkanes) is 20. The van der Waals surface area contributed by atoms with Crippen LogP contribution in [-0.2, 0) is 19.1 Å². The fourth-order valence-corrected chi connectivity index (χ4v) is 5.56. The van der Waals surface area contributed by atoms with E-state index in [0.717, 1.165) is 38.5 Å². The summed E-state index contributed by atoms with van der Waals surface area (Å²) in [5.74, 6) is -0.352. The molecule has 45 heavy (non-hydrogen) atoms. The number of rotatable bonds is 33. The predicted octanol–water partition coefficient (Wildman–Crippen LogP) is 11.4. The van der Waals surface area contributed by atoms with Crippen LogP contribution in [0.3, 0.4) is 0 Å². The Balaban J connectivity index is 3.92. The summed E-state index contributed by atoms with van der Waals surface area (Å²) in [6, 6.07) is 0. The molecule has 5 heteroatoms. The van der Waals surface area contributed by atoms with E-state index in [4.69, 9.17) is 9.47 Å². The maximum atomic E-state index is 12.5. The molecule has 0 aromatic carbocycles. The van der Waals surface area contributed by atoms with Gasteiger partial charge in [-0.15, -0.1) is 0 Å². The van der Waals surface area contributed by atoms with Crippen molar-refractivity contribution in [1.82, 2.24) is 0 Å². The fourth-order valence-electron chi connectivity index (χ4n) is 5.56. The summed E-state index contributed by atoms with van der Waals surface area (Å²) in [6.45, 7) is 5.29. The molecule has 0 saturated carbocycles. The van der Waals surface area contributed by atoms with Gasteiger partial charge in [0.25, 0.3) is 0 Å². The predicted molar refractivity (Wildman–Crippen MR) is 193 cm³/mol. The number of carbonyl (C=O) groups is 2. The molecule has 0 aromatic heterocycles. The van der Waals surface area contributed by atoms with Gasteiger partial charge in [0.2, 0.25) is 0 Å². The molecule has 0 amide bonds. The average molecular weight is 635 g/mol. The molecule has 0 N–H and O–H groups in total. The molecule has 0 rings (SSSR count). The van der Waals surface area contributed by atoms with Crippen molar-refractivity contribution in [2.24, 2.45) is 0 Å². The standard InChI is InChI=1S/C40H76NO4/c1-6-8-10-12-14-16-18-20-22-24-26-28-30-32-34-39(42)44-37-38(36-41(3,4)5)45-40(43)35-33-31-29-27-25-23-21-19-17-15-13-11-9-7-2/h18-21,38H,6-17,22-37H2,1-5H3/q+1/b20-18-,21-19-. The molecule has 0 heterocycles. The monoisotopic (exact) mass is 635 g/mol. The van der Waals surface area contributed by atoms with E-state index >= 15 is 0 Å². The van der Waals surface area contributed by atoms with Crippen LogP contribution < -0.4 is 0 Å². The third-order valence-electron chi connectivity index (χ3n) is 8.27. The molecule has 0 saturated heterocycles. The maximum absolute atomic E-state index is 12.5. The van der Waals surface area contributed by atoms with E-state index in [9.17, 15) is 9.59 Å². The number of nitrogens with zero attached hydrogens (tertiary/aromatic N) is 1. The highest BCUT2D eigenvalue weighted by atomic mass is 16.6.